The normalized spacial score (nSPS) is 10.6. The van der Waals surface area contributed by atoms with Gasteiger partial charge in [-0.05, 0) is 12.5 Å². The van der Waals surface area contributed by atoms with Gasteiger partial charge in [-0.1, -0.05) is 30.3 Å². The minimum absolute atomic E-state index is 0.541. The standard InChI is InChI=1S/C14H18N2O2/c1-12-14(10-16(2)15-12)18-9-8-17-11-13-6-4-3-5-7-13/h3-7,10H,8-9,11H2,1-2H3. The molecule has 1 aromatic heterocycles. The van der Waals surface area contributed by atoms with E-state index in [9.17, 15) is 0 Å². The highest BCUT2D eigenvalue weighted by atomic mass is 16.5. The third-order valence-electron chi connectivity index (χ3n) is 2.57. The van der Waals surface area contributed by atoms with E-state index in [1.807, 2.05) is 50.5 Å². The molecule has 0 aliphatic heterocycles. The number of aryl methyl sites for hydroxylation is 2. The Hall–Kier alpha value is -1.81. The lowest BCUT2D eigenvalue weighted by Gasteiger charge is -2.06. The van der Waals surface area contributed by atoms with Crippen molar-refractivity contribution >= 4 is 0 Å². The molecular weight excluding hydrogens is 228 g/mol. The van der Waals surface area contributed by atoms with Crippen LogP contribution in [0.3, 0.4) is 0 Å². The van der Waals surface area contributed by atoms with Crippen LogP contribution in [-0.4, -0.2) is 23.0 Å². The SMILES string of the molecule is Cc1nn(C)cc1OCCOCc1ccccc1. The monoisotopic (exact) mass is 246 g/mol. The zero-order chi connectivity index (χ0) is 12.8. The molecule has 96 valence electrons. The molecule has 0 radical (unpaired) electrons. The molecule has 4 nitrogen and oxygen atoms in total. The lowest BCUT2D eigenvalue weighted by Crippen LogP contribution is -2.06. The molecule has 0 aliphatic rings. The van der Waals surface area contributed by atoms with Crippen LogP contribution in [0.25, 0.3) is 0 Å². The Labute approximate surface area is 107 Å². The molecule has 0 fully saturated rings. The van der Waals surface area contributed by atoms with Gasteiger partial charge in [-0.15, -0.1) is 0 Å². The molecule has 1 heterocycles. The Morgan fingerprint density at radius 2 is 1.94 bits per heavy atom. The van der Waals surface area contributed by atoms with Crippen LogP contribution in [0, 0.1) is 6.92 Å². The van der Waals surface area contributed by atoms with Crippen LogP contribution >= 0.6 is 0 Å². The maximum atomic E-state index is 5.59. The Balaban J connectivity index is 1.66. The molecule has 0 unspecified atom stereocenters. The average Bonchev–Trinajstić information content (AvgIpc) is 2.69. The maximum absolute atomic E-state index is 5.59. The summed E-state index contributed by atoms with van der Waals surface area (Å²) >= 11 is 0. The van der Waals surface area contributed by atoms with Gasteiger partial charge >= 0.3 is 0 Å². The Morgan fingerprint density at radius 1 is 1.17 bits per heavy atom. The van der Waals surface area contributed by atoms with Crippen molar-refractivity contribution in [2.45, 2.75) is 13.5 Å². The van der Waals surface area contributed by atoms with Crippen molar-refractivity contribution in [3.05, 3.63) is 47.8 Å². The number of rotatable bonds is 6. The number of nitrogens with zero attached hydrogens (tertiary/aromatic N) is 2. The van der Waals surface area contributed by atoms with Gasteiger partial charge < -0.3 is 9.47 Å². The third kappa shape index (κ3) is 3.60. The van der Waals surface area contributed by atoms with E-state index in [1.165, 1.54) is 5.56 Å². The molecule has 0 aliphatic carbocycles. The fourth-order valence-corrected chi connectivity index (χ4v) is 1.69. The van der Waals surface area contributed by atoms with Gasteiger partial charge in [0.25, 0.3) is 0 Å². The van der Waals surface area contributed by atoms with Crippen LogP contribution in [0.2, 0.25) is 0 Å². The summed E-state index contributed by atoms with van der Waals surface area (Å²) in [6.45, 7) is 3.67. The van der Waals surface area contributed by atoms with Gasteiger partial charge in [-0.3, -0.25) is 4.68 Å². The second-order valence-electron chi connectivity index (χ2n) is 4.14. The van der Waals surface area contributed by atoms with Crippen LogP contribution < -0.4 is 4.74 Å². The number of aromatic nitrogens is 2. The predicted molar refractivity (Wildman–Crippen MR) is 69.5 cm³/mol. The second kappa shape index (κ2) is 6.21. The summed E-state index contributed by atoms with van der Waals surface area (Å²) in [7, 11) is 1.88. The summed E-state index contributed by atoms with van der Waals surface area (Å²) in [4.78, 5) is 0. The molecule has 2 rings (SSSR count). The fraction of sp³-hybridized carbons (Fsp3) is 0.357. The molecule has 0 bridgehead atoms. The zero-order valence-electron chi connectivity index (χ0n) is 10.8. The van der Waals surface area contributed by atoms with Crippen molar-refractivity contribution in [1.29, 1.82) is 0 Å². The van der Waals surface area contributed by atoms with Gasteiger partial charge in [0.15, 0.2) is 5.75 Å². The van der Waals surface area contributed by atoms with E-state index in [2.05, 4.69) is 5.10 Å². The van der Waals surface area contributed by atoms with E-state index >= 15 is 0 Å². The van der Waals surface area contributed by atoms with E-state index < -0.39 is 0 Å². The molecule has 0 saturated carbocycles. The van der Waals surface area contributed by atoms with Crippen LogP contribution in [-0.2, 0) is 18.4 Å². The van der Waals surface area contributed by atoms with E-state index in [0.29, 0.717) is 19.8 Å². The predicted octanol–water partition coefficient (Wildman–Crippen LogP) is 2.32. The molecule has 0 N–H and O–H groups in total. The summed E-state index contributed by atoms with van der Waals surface area (Å²) in [6.07, 6.45) is 1.87. The maximum Gasteiger partial charge on any atom is 0.160 e. The number of hydrogen-bond acceptors (Lipinski definition) is 3. The van der Waals surface area contributed by atoms with Crippen LogP contribution in [0.5, 0.6) is 5.75 Å². The zero-order valence-corrected chi connectivity index (χ0v) is 10.8. The molecule has 0 amide bonds. The Morgan fingerprint density at radius 3 is 2.61 bits per heavy atom. The van der Waals surface area contributed by atoms with Gasteiger partial charge in [0, 0.05) is 7.05 Å². The third-order valence-corrected chi connectivity index (χ3v) is 2.57. The average molecular weight is 246 g/mol. The molecule has 1 aromatic carbocycles. The summed E-state index contributed by atoms with van der Waals surface area (Å²) < 4.78 is 12.9. The first-order valence-electron chi connectivity index (χ1n) is 6.00. The quantitative estimate of drug-likeness (QED) is 0.734. The molecule has 4 heteroatoms. The lowest BCUT2D eigenvalue weighted by molar-refractivity contribution is 0.0887. The molecule has 2 aromatic rings. The Bertz CT molecular complexity index is 480. The molecule has 0 spiro atoms. The highest BCUT2D eigenvalue weighted by Crippen LogP contribution is 2.14. The number of ether oxygens (including phenoxy) is 2. The van der Waals surface area contributed by atoms with E-state index in [0.717, 1.165) is 11.4 Å². The van der Waals surface area contributed by atoms with Crippen LogP contribution in [0.4, 0.5) is 0 Å². The van der Waals surface area contributed by atoms with Crippen molar-refractivity contribution in [3.8, 4) is 5.75 Å². The number of benzene rings is 1. The molecule has 0 saturated heterocycles. The number of hydrogen-bond donors (Lipinski definition) is 0. The summed E-state index contributed by atoms with van der Waals surface area (Å²) in [5.74, 6) is 0.820. The van der Waals surface area contributed by atoms with Crippen molar-refractivity contribution < 1.29 is 9.47 Å². The largest absolute Gasteiger partial charge is 0.488 e. The van der Waals surface area contributed by atoms with Crippen molar-refractivity contribution in [3.63, 3.8) is 0 Å². The molecular formula is C14H18N2O2. The van der Waals surface area contributed by atoms with Gasteiger partial charge in [-0.25, -0.2) is 0 Å². The van der Waals surface area contributed by atoms with Gasteiger partial charge in [0.05, 0.1) is 19.4 Å². The fourth-order valence-electron chi connectivity index (χ4n) is 1.69. The molecule has 18 heavy (non-hydrogen) atoms. The highest BCUT2D eigenvalue weighted by molar-refractivity contribution is 5.22. The highest BCUT2D eigenvalue weighted by Gasteiger charge is 2.03. The van der Waals surface area contributed by atoms with Gasteiger partial charge in [0.1, 0.15) is 12.3 Å². The van der Waals surface area contributed by atoms with Gasteiger partial charge in [-0.2, -0.15) is 5.10 Å². The lowest BCUT2D eigenvalue weighted by atomic mass is 10.2. The minimum Gasteiger partial charge on any atom is -0.488 e. The van der Waals surface area contributed by atoms with E-state index in [-0.39, 0.29) is 0 Å². The van der Waals surface area contributed by atoms with E-state index in [1.54, 1.807) is 4.68 Å². The van der Waals surface area contributed by atoms with Crippen molar-refractivity contribution in [2.24, 2.45) is 7.05 Å². The first-order valence-corrected chi connectivity index (χ1v) is 6.00. The summed E-state index contributed by atoms with van der Waals surface area (Å²) in [6, 6.07) is 10.1. The molecule has 0 atom stereocenters. The summed E-state index contributed by atoms with van der Waals surface area (Å²) in [5, 5.41) is 4.21. The van der Waals surface area contributed by atoms with Crippen LogP contribution in [0.1, 0.15) is 11.3 Å². The van der Waals surface area contributed by atoms with Crippen LogP contribution in [0.15, 0.2) is 36.5 Å². The van der Waals surface area contributed by atoms with Gasteiger partial charge in [0.2, 0.25) is 0 Å². The Kier molecular flexibility index (Phi) is 4.36. The summed E-state index contributed by atoms with van der Waals surface area (Å²) in [5.41, 5.74) is 2.08. The van der Waals surface area contributed by atoms with Crippen molar-refractivity contribution in [1.82, 2.24) is 9.78 Å². The first-order chi connectivity index (χ1) is 8.75. The smallest absolute Gasteiger partial charge is 0.160 e. The van der Waals surface area contributed by atoms with Crippen molar-refractivity contribution in [2.75, 3.05) is 13.2 Å². The second-order valence-corrected chi connectivity index (χ2v) is 4.14. The first kappa shape index (κ1) is 12.6. The topological polar surface area (TPSA) is 36.3 Å². The minimum atomic E-state index is 0.541. The van der Waals surface area contributed by atoms with E-state index in [4.69, 9.17) is 9.47 Å².